The van der Waals surface area contributed by atoms with Crippen LogP contribution in [-0.2, 0) is 11.0 Å². The second kappa shape index (κ2) is 3.00. The van der Waals surface area contributed by atoms with Gasteiger partial charge in [-0.25, -0.2) is 13.5 Å². The van der Waals surface area contributed by atoms with Gasteiger partial charge in [0.2, 0.25) is 0 Å². The van der Waals surface area contributed by atoms with E-state index in [-0.39, 0.29) is 5.41 Å². The molecule has 0 saturated heterocycles. The summed E-state index contributed by atoms with van der Waals surface area (Å²) in [5.74, 6) is 0. The molecule has 0 bridgehead atoms. The maximum Gasteiger partial charge on any atom is 0.263 e. The van der Waals surface area contributed by atoms with Gasteiger partial charge < -0.3 is 0 Å². The Kier molecular flexibility index (Phi) is 2.10. The molecule has 15 heavy (non-hydrogen) atoms. The van der Waals surface area contributed by atoms with Crippen LogP contribution in [0.4, 0.5) is 8.78 Å². The number of hydrogen-bond donors (Lipinski definition) is 0. The van der Waals surface area contributed by atoms with Crippen molar-refractivity contribution in [2.45, 2.75) is 51.0 Å². The molecule has 1 saturated carbocycles. The molecule has 0 radical (unpaired) electrons. The van der Waals surface area contributed by atoms with Crippen LogP contribution in [0, 0.1) is 0 Å². The second-order valence-corrected chi connectivity index (χ2v) is 5.20. The first-order valence-corrected chi connectivity index (χ1v) is 5.08. The minimum Gasteiger partial charge on any atom is -0.240 e. The third-order valence-electron chi connectivity index (χ3n) is 2.89. The van der Waals surface area contributed by atoms with Crippen LogP contribution in [0.2, 0.25) is 0 Å². The lowest BCUT2D eigenvalue weighted by Gasteiger charge is -2.15. The van der Waals surface area contributed by atoms with E-state index in [1.165, 1.54) is 4.68 Å². The second-order valence-electron chi connectivity index (χ2n) is 5.20. The summed E-state index contributed by atoms with van der Waals surface area (Å²) >= 11 is 0. The summed E-state index contributed by atoms with van der Waals surface area (Å²) < 4.78 is 26.9. The van der Waals surface area contributed by atoms with Crippen molar-refractivity contribution in [2.24, 2.45) is 0 Å². The monoisotopic (exact) mass is 215 g/mol. The van der Waals surface area contributed by atoms with E-state index in [1.54, 1.807) is 6.20 Å². The highest BCUT2D eigenvalue weighted by atomic mass is 19.3. The number of rotatable bonds is 2. The minimum absolute atomic E-state index is 0.142. The van der Waals surface area contributed by atoms with Crippen LogP contribution in [0.3, 0.4) is 0 Å². The van der Waals surface area contributed by atoms with E-state index >= 15 is 0 Å². The molecule has 1 fully saturated rings. The van der Waals surface area contributed by atoms with Crippen molar-refractivity contribution in [3.05, 3.63) is 11.9 Å². The highest BCUT2D eigenvalue weighted by Gasteiger charge is 2.54. The van der Waals surface area contributed by atoms with Gasteiger partial charge in [0.25, 0.3) is 6.43 Å². The lowest BCUT2D eigenvalue weighted by atomic mass is 9.93. The van der Waals surface area contributed by atoms with Crippen molar-refractivity contribution in [3.8, 4) is 0 Å². The van der Waals surface area contributed by atoms with E-state index in [0.717, 1.165) is 5.69 Å². The van der Waals surface area contributed by atoms with Gasteiger partial charge in [0.15, 0.2) is 0 Å². The number of alkyl halides is 2. The maximum absolute atomic E-state index is 12.8. The summed E-state index contributed by atoms with van der Waals surface area (Å²) in [6.07, 6.45) is 0.293. The molecule has 5 heteroatoms. The molecule has 0 unspecified atom stereocenters. The van der Waals surface area contributed by atoms with Gasteiger partial charge in [0.1, 0.15) is 5.54 Å². The Hall–Kier alpha value is -1.00. The summed E-state index contributed by atoms with van der Waals surface area (Å²) in [4.78, 5) is 0. The molecule has 0 aliphatic heterocycles. The number of aromatic nitrogens is 3. The molecule has 1 aliphatic rings. The Balaban J connectivity index is 2.29. The van der Waals surface area contributed by atoms with E-state index in [2.05, 4.69) is 10.3 Å². The zero-order valence-electron chi connectivity index (χ0n) is 9.17. The summed E-state index contributed by atoms with van der Waals surface area (Å²) in [6.45, 7) is 5.97. The van der Waals surface area contributed by atoms with Crippen molar-refractivity contribution in [3.63, 3.8) is 0 Å². The molecule has 0 amide bonds. The van der Waals surface area contributed by atoms with Crippen LogP contribution in [0.15, 0.2) is 6.20 Å². The lowest BCUT2D eigenvalue weighted by Crippen LogP contribution is -2.26. The number of halogens is 2. The van der Waals surface area contributed by atoms with E-state index in [1.807, 2.05) is 20.8 Å². The quantitative estimate of drug-likeness (QED) is 0.758. The molecule has 1 aromatic heterocycles. The first-order chi connectivity index (χ1) is 6.86. The van der Waals surface area contributed by atoms with Gasteiger partial charge in [-0.1, -0.05) is 26.0 Å². The van der Waals surface area contributed by atoms with Gasteiger partial charge >= 0.3 is 0 Å². The average molecular weight is 215 g/mol. The van der Waals surface area contributed by atoms with E-state index in [4.69, 9.17) is 0 Å². The fourth-order valence-electron chi connectivity index (χ4n) is 1.50. The molecule has 1 aliphatic carbocycles. The Morgan fingerprint density at radius 3 is 2.33 bits per heavy atom. The van der Waals surface area contributed by atoms with Crippen LogP contribution in [0.5, 0.6) is 0 Å². The summed E-state index contributed by atoms with van der Waals surface area (Å²) in [7, 11) is 0. The highest BCUT2D eigenvalue weighted by molar-refractivity contribution is 5.11. The van der Waals surface area contributed by atoms with Gasteiger partial charge in [-0.3, -0.25) is 0 Å². The zero-order valence-corrected chi connectivity index (χ0v) is 9.17. The van der Waals surface area contributed by atoms with E-state index in [9.17, 15) is 8.78 Å². The first kappa shape index (κ1) is 10.5. The standard InChI is InChI=1S/C10H15F2N3/c1-9(2,3)7-6-15(14-13-7)10(4-5-10)8(11)12/h6,8H,4-5H2,1-3H3. The fourth-order valence-corrected chi connectivity index (χ4v) is 1.50. The molecule has 1 heterocycles. The van der Waals surface area contributed by atoms with E-state index in [0.29, 0.717) is 12.8 Å². The molecular weight excluding hydrogens is 200 g/mol. The predicted octanol–water partition coefficient (Wildman–Crippen LogP) is 2.33. The third-order valence-corrected chi connectivity index (χ3v) is 2.89. The number of hydrogen-bond acceptors (Lipinski definition) is 2. The molecule has 2 rings (SSSR count). The van der Waals surface area contributed by atoms with Crippen molar-refractivity contribution < 1.29 is 8.78 Å². The molecule has 0 N–H and O–H groups in total. The summed E-state index contributed by atoms with van der Waals surface area (Å²) in [5, 5.41) is 7.78. The van der Waals surface area contributed by atoms with Crippen molar-refractivity contribution >= 4 is 0 Å². The third kappa shape index (κ3) is 1.64. The molecular formula is C10H15F2N3. The number of nitrogens with zero attached hydrogens (tertiary/aromatic N) is 3. The van der Waals surface area contributed by atoms with Gasteiger partial charge in [-0.2, -0.15) is 0 Å². The Morgan fingerprint density at radius 1 is 1.40 bits per heavy atom. The largest absolute Gasteiger partial charge is 0.263 e. The van der Waals surface area contributed by atoms with Crippen LogP contribution >= 0.6 is 0 Å². The van der Waals surface area contributed by atoms with Gasteiger partial charge in [-0.05, 0) is 12.8 Å². The normalized spacial score (nSPS) is 19.6. The minimum atomic E-state index is -2.35. The topological polar surface area (TPSA) is 30.7 Å². The lowest BCUT2D eigenvalue weighted by molar-refractivity contribution is 0.0593. The molecule has 84 valence electrons. The van der Waals surface area contributed by atoms with Crippen LogP contribution < -0.4 is 0 Å². The Bertz CT molecular complexity index is 361. The Labute approximate surface area is 87.5 Å². The summed E-state index contributed by atoms with van der Waals surface area (Å²) in [6, 6.07) is 0. The van der Waals surface area contributed by atoms with Crippen LogP contribution in [-0.4, -0.2) is 21.4 Å². The molecule has 1 aromatic rings. The van der Waals surface area contributed by atoms with Crippen LogP contribution in [0.1, 0.15) is 39.3 Å². The van der Waals surface area contributed by atoms with Crippen molar-refractivity contribution in [1.82, 2.24) is 15.0 Å². The van der Waals surface area contributed by atoms with E-state index < -0.39 is 12.0 Å². The van der Waals surface area contributed by atoms with Crippen LogP contribution in [0.25, 0.3) is 0 Å². The maximum atomic E-state index is 12.8. The molecule has 0 aromatic carbocycles. The first-order valence-electron chi connectivity index (χ1n) is 5.08. The van der Waals surface area contributed by atoms with Gasteiger partial charge in [0, 0.05) is 11.6 Å². The van der Waals surface area contributed by atoms with Gasteiger partial charge in [-0.15, -0.1) is 5.10 Å². The SMILES string of the molecule is CC(C)(C)c1cn(C2(C(F)F)CC2)nn1. The van der Waals surface area contributed by atoms with Crippen molar-refractivity contribution in [1.29, 1.82) is 0 Å². The zero-order chi connectivity index (χ0) is 11.3. The predicted molar refractivity (Wildman–Crippen MR) is 51.9 cm³/mol. The van der Waals surface area contributed by atoms with Gasteiger partial charge in [0.05, 0.1) is 5.69 Å². The average Bonchev–Trinajstić information content (AvgIpc) is 2.75. The highest BCUT2D eigenvalue weighted by Crippen LogP contribution is 2.48. The summed E-state index contributed by atoms with van der Waals surface area (Å²) in [5.41, 5.74) is -0.443. The molecule has 0 spiro atoms. The fraction of sp³-hybridized carbons (Fsp3) is 0.800. The van der Waals surface area contributed by atoms with Crippen molar-refractivity contribution in [2.75, 3.05) is 0 Å². The Morgan fingerprint density at radius 2 is 2.00 bits per heavy atom. The molecule has 3 nitrogen and oxygen atoms in total. The molecule has 0 atom stereocenters. The smallest absolute Gasteiger partial charge is 0.240 e.